The molecule has 0 amide bonds. The lowest BCUT2D eigenvalue weighted by atomic mass is 9.81. The van der Waals surface area contributed by atoms with Crippen LogP contribution in [0.5, 0.6) is 0 Å². The first-order valence-electron chi connectivity index (χ1n) is 15.1. The van der Waals surface area contributed by atoms with Crippen LogP contribution in [0.15, 0.2) is 73.3 Å². The first kappa shape index (κ1) is 35.7. The molecular weight excluding hydrogens is 470 g/mol. The van der Waals surface area contributed by atoms with Crippen LogP contribution in [-0.2, 0) is 5.41 Å². The van der Waals surface area contributed by atoms with Crippen LogP contribution in [0.4, 0.5) is 5.69 Å². The quantitative estimate of drug-likeness (QED) is 0.259. The molecule has 0 saturated carbocycles. The molecule has 1 nitrogen and oxygen atoms in total. The second-order valence-corrected chi connectivity index (χ2v) is 8.59. The van der Waals surface area contributed by atoms with Crippen molar-refractivity contribution >= 4 is 22.5 Å². The SMILES string of the molecule is C=Cc1c(C)cc(-c2ccc3c(c2)C(C)(C)c2cc(N)ccc2-3)c2ccccc12.CC.CC.CC.CC.CC. The van der Waals surface area contributed by atoms with E-state index in [1.165, 1.54) is 55.3 Å². The zero-order valence-electron chi connectivity index (χ0n) is 27.2. The Bertz CT molecular complexity index is 1310. The molecule has 0 fully saturated rings. The third-order valence-corrected chi connectivity index (χ3v) is 6.51. The molecule has 0 spiro atoms. The Kier molecular flexibility index (Phi) is 15.8. The van der Waals surface area contributed by atoms with Gasteiger partial charge in [-0.3, -0.25) is 0 Å². The molecule has 0 bridgehead atoms. The molecule has 4 aromatic carbocycles. The van der Waals surface area contributed by atoms with Crippen molar-refractivity contribution in [2.24, 2.45) is 0 Å². The zero-order chi connectivity index (χ0) is 30.3. The number of nitrogens with two attached hydrogens (primary N) is 1. The van der Waals surface area contributed by atoms with E-state index >= 15 is 0 Å². The van der Waals surface area contributed by atoms with E-state index in [0.717, 1.165) is 5.69 Å². The predicted molar refractivity (Wildman–Crippen MR) is 183 cm³/mol. The maximum absolute atomic E-state index is 6.11. The van der Waals surface area contributed by atoms with E-state index in [9.17, 15) is 0 Å². The lowest BCUT2D eigenvalue weighted by Gasteiger charge is -2.22. The summed E-state index contributed by atoms with van der Waals surface area (Å²) in [6, 6.07) is 24.1. The molecule has 4 aromatic rings. The highest BCUT2D eigenvalue weighted by Gasteiger charge is 2.35. The minimum atomic E-state index is -0.0675. The third kappa shape index (κ3) is 7.21. The lowest BCUT2D eigenvalue weighted by Crippen LogP contribution is -2.15. The molecule has 0 unspecified atom stereocenters. The average Bonchev–Trinajstić information content (AvgIpc) is 3.23. The Morgan fingerprint density at radius 1 is 0.615 bits per heavy atom. The van der Waals surface area contributed by atoms with Crippen molar-refractivity contribution in [3.8, 4) is 22.3 Å². The Morgan fingerprint density at radius 3 is 1.64 bits per heavy atom. The summed E-state index contributed by atoms with van der Waals surface area (Å²) in [4.78, 5) is 0. The molecule has 5 rings (SSSR count). The minimum absolute atomic E-state index is 0.0675. The van der Waals surface area contributed by atoms with Crippen LogP contribution in [0.3, 0.4) is 0 Å². The van der Waals surface area contributed by atoms with E-state index in [2.05, 4.69) is 88.0 Å². The van der Waals surface area contributed by atoms with Crippen LogP contribution >= 0.6 is 0 Å². The second-order valence-electron chi connectivity index (χ2n) is 8.59. The van der Waals surface area contributed by atoms with Crippen molar-refractivity contribution < 1.29 is 0 Å². The van der Waals surface area contributed by atoms with Gasteiger partial charge in [-0.05, 0) is 80.4 Å². The summed E-state index contributed by atoms with van der Waals surface area (Å²) >= 11 is 0. The molecule has 0 aromatic heterocycles. The molecule has 0 heterocycles. The molecule has 39 heavy (non-hydrogen) atoms. The van der Waals surface area contributed by atoms with Gasteiger partial charge >= 0.3 is 0 Å². The summed E-state index contributed by atoms with van der Waals surface area (Å²) < 4.78 is 0. The number of hydrogen-bond acceptors (Lipinski definition) is 1. The van der Waals surface area contributed by atoms with Crippen LogP contribution in [-0.4, -0.2) is 0 Å². The fourth-order valence-electron chi connectivity index (χ4n) is 4.97. The highest BCUT2D eigenvalue weighted by Crippen LogP contribution is 2.50. The van der Waals surface area contributed by atoms with Crippen molar-refractivity contribution in [3.05, 3.63) is 95.6 Å². The summed E-state index contributed by atoms with van der Waals surface area (Å²) in [6.45, 7) is 30.8. The number of aryl methyl sites for hydroxylation is 1. The van der Waals surface area contributed by atoms with Crippen LogP contribution in [0.25, 0.3) is 39.1 Å². The van der Waals surface area contributed by atoms with E-state index in [1.807, 2.05) is 81.4 Å². The maximum Gasteiger partial charge on any atom is 0.0317 e. The average molecular weight is 526 g/mol. The Morgan fingerprint density at radius 2 is 1.10 bits per heavy atom. The third-order valence-electron chi connectivity index (χ3n) is 6.51. The number of nitrogen functional groups attached to an aromatic ring is 1. The topological polar surface area (TPSA) is 26.0 Å². The van der Waals surface area contributed by atoms with Gasteiger partial charge in [-0.1, -0.05) is 144 Å². The highest BCUT2D eigenvalue weighted by molar-refractivity contribution is 6.02. The molecule has 212 valence electrons. The van der Waals surface area contributed by atoms with E-state index in [-0.39, 0.29) is 5.41 Å². The summed E-state index contributed by atoms with van der Waals surface area (Å²) in [5.74, 6) is 0. The van der Waals surface area contributed by atoms with Gasteiger partial charge in [0.25, 0.3) is 0 Å². The fourth-order valence-corrected chi connectivity index (χ4v) is 4.97. The van der Waals surface area contributed by atoms with Gasteiger partial charge in [-0.2, -0.15) is 0 Å². The largest absolute Gasteiger partial charge is 0.399 e. The van der Waals surface area contributed by atoms with E-state index in [1.54, 1.807) is 0 Å². The minimum Gasteiger partial charge on any atom is -0.399 e. The Hall–Kier alpha value is -3.32. The van der Waals surface area contributed by atoms with Gasteiger partial charge in [0.05, 0.1) is 0 Å². The molecule has 1 heteroatoms. The van der Waals surface area contributed by atoms with Crippen LogP contribution in [0, 0.1) is 6.92 Å². The summed E-state index contributed by atoms with van der Waals surface area (Å²) in [5.41, 5.74) is 17.2. The number of benzene rings is 4. The number of fused-ring (bicyclic) bond motifs is 4. The number of rotatable bonds is 2. The molecule has 0 aliphatic heterocycles. The van der Waals surface area contributed by atoms with Crippen LogP contribution in [0.2, 0.25) is 0 Å². The van der Waals surface area contributed by atoms with Crippen molar-refractivity contribution in [2.45, 2.75) is 95.4 Å². The van der Waals surface area contributed by atoms with Crippen molar-refractivity contribution in [1.29, 1.82) is 0 Å². The van der Waals surface area contributed by atoms with E-state index in [4.69, 9.17) is 5.73 Å². The number of hydrogen-bond donors (Lipinski definition) is 1. The fraction of sp³-hybridized carbons (Fsp3) is 0.368. The standard InChI is InChI=1S/C28H25N.5C2H6/c1-5-20-17(2)14-25(22-9-7-6-8-21(20)22)18-10-12-23-24-13-11-19(29)16-27(24)28(3,4)26(23)15-18;5*1-2/h5-16H,1,29H2,2-4H3;5*1-2H3. The first-order chi connectivity index (χ1) is 18.9. The van der Waals surface area contributed by atoms with Gasteiger partial charge in [0.2, 0.25) is 0 Å². The highest BCUT2D eigenvalue weighted by atomic mass is 14.5. The zero-order valence-corrected chi connectivity index (χ0v) is 27.2. The molecule has 1 aliphatic carbocycles. The lowest BCUT2D eigenvalue weighted by molar-refractivity contribution is 0.661. The Labute approximate surface area is 241 Å². The molecular formula is C38H55N. The van der Waals surface area contributed by atoms with Gasteiger partial charge < -0.3 is 5.73 Å². The second kappa shape index (κ2) is 17.3. The normalized spacial score (nSPS) is 11.1. The summed E-state index contributed by atoms with van der Waals surface area (Å²) in [6.07, 6.45) is 1.97. The molecule has 2 N–H and O–H groups in total. The maximum atomic E-state index is 6.11. The first-order valence-corrected chi connectivity index (χ1v) is 15.1. The molecule has 0 saturated heterocycles. The van der Waals surface area contributed by atoms with Crippen molar-refractivity contribution in [3.63, 3.8) is 0 Å². The molecule has 0 atom stereocenters. The van der Waals surface area contributed by atoms with E-state index < -0.39 is 0 Å². The van der Waals surface area contributed by atoms with Gasteiger partial charge in [0.15, 0.2) is 0 Å². The van der Waals surface area contributed by atoms with Gasteiger partial charge in [-0.25, -0.2) is 0 Å². The summed E-state index contributed by atoms with van der Waals surface area (Å²) in [5, 5.41) is 2.53. The van der Waals surface area contributed by atoms with Crippen molar-refractivity contribution in [1.82, 2.24) is 0 Å². The van der Waals surface area contributed by atoms with Gasteiger partial charge in [0, 0.05) is 11.1 Å². The van der Waals surface area contributed by atoms with Crippen LogP contribution < -0.4 is 5.73 Å². The summed E-state index contributed by atoms with van der Waals surface area (Å²) in [7, 11) is 0. The monoisotopic (exact) mass is 525 g/mol. The predicted octanol–water partition coefficient (Wildman–Crippen LogP) is 12.5. The molecule has 0 radical (unpaired) electrons. The molecule has 1 aliphatic rings. The van der Waals surface area contributed by atoms with E-state index in [0.29, 0.717) is 0 Å². The van der Waals surface area contributed by atoms with Gasteiger partial charge in [0.1, 0.15) is 0 Å². The number of anilines is 1. The smallest absolute Gasteiger partial charge is 0.0317 e. The van der Waals surface area contributed by atoms with Crippen molar-refractivity contribution in [2.75, 3.05) is 5.73 Å². The Balaban J connectivity index is 0.00000131. The van der Waals surface area contributed by atoms with Crippen LogP contribution in [0.1, 0.15) is 105 Å². The van der Waals surface area contributed by atoms with Gasteiger partial charge in [-0.15, -0.1) is 0 Å².